The van der Waals surface area contributed by atoms with Gasteiger partial charge in [-0.2, -0.15) is 0 Å². The number of nitrogens with zero attached hydrogens (tertiary/aromatic N) is 1. The number of rotatable bonds is 3. The smallest absolute Gasteiger partial charge is 0.264 e. The molecule has 1 unspecified atom stereocenters. The lowest BCUT2D eigenvalue weighted by Gasteiger charge is -2.29. The van der Waals surface area contributed by atoms with E-state index in [9.17, 15) is 4.79 Å². The van der Waals surface area contributed by atoms with Gasteiger partial charge in [-0.15, -0.1) is 11.3 Å². The molecular weight excluding hydrogens is 286 g/mol. The van der Waals surface area contributed by atoms with Gasteiger partial charge in [0.2, 0.25) is 0 Å². The summed E-state index contributed by atoms with van der Waals surface area (Å²) < 4.78 is 11.6. The zero-order chi connectivity index (χ0) is 14.8. The molecule has 1 aliphatic rings. The van der Waals surface area contributed by atoms with Crippen LogP contribution in [0.2, 0.25) is 0 Å². The Bertz CT molecular complexity index is 652. The Hall–Kier alpha value is -2.01. The van der Waals surface area contributed by atoms with Crippen molar-refractivity contribution in [2.45, 2.75) is 13.0 Å². The fraction of sp³-hybridized carbons (Fsp3) is 0.312. The third kappa shape index (κ3) is 2.88. The molecule has 1 aromatic carbocycles. The number of benzene rings is 1. The summed E-state index contributed by atoms with van der Waals surface area (Å²) >= 11 is 1.47. The van der Waals surface area contributed by atoms with E-state index >= 15 is 0 Å². The summed E-state index contributed by atoms with van der Waals surface area (Å²) in [5.74, 6) is 1.53. The van der Waals surface area contributed by atoms with Crippen molar-refractivity contribution in [1.82, 2.24) is 4.90 Å². The number of hydrogen-bond acceptors (Lipinski definition) is 4. The van der Waals surface area contributed by atoms with Crippen molar-refractivity contribution < 1.29 is 14.3 Å². The second kappa shape index (κ2) is 5.77. The van der Waals surface area contributed by atoms with E-state index < -0.39 is 0 Å². The highest BCUT2D eigenvalue weighted by molar-refractivity contribution is 7.12. The van der Waals surface area contributed by atoms with E-state index in [1.807, 2.05) is 42.6 Å². The predicted octanol–water partition coefficient (Wildman–Crippen LogP) is 2.97. The number of ether oxygens (including phenoxy) is 2. The lowest BCUT2D eigenvalue weighted by Crippen LogP contribution is -2.41. The summed E-state index contributed by atoms with van der Waals surface area (Å²) in [4.78, 5) is 14.9. The lowest BCUT2D eigenvalue weighted by molar-refractivity contribution is 0.0523. The van der Waals surface area contributed by atoms with Crippen molar-refractivity contribution in [3.63, 3.8) is 0 Å². The van der Waals surface area contributed by atoms with Gasteiger partial charge in [-0.1, -0.05) is 12.1 Å². The highest BCUT2D eigenvalue weighted by atomic mass is 32.1. The van der Waals surface area contributed by atoms with Crippen molar-refractivity contribution in [2.24, 2.45) is 0 Å². The van der Waals surface area contributed by atoms with Gasteiger partial charge in [0.15, 0.2) is 17.6 Å². The Labute approximate surface area is 127 Å². The Balaban J connectivity index is 1.65. The SMILES string of the molecule is Cc1ccsc1C(=O)N(C)CC1COc2ccccc2O1. The van der Waals surface area contributed by atoms with Crippen molar-refractivity contribution in [1.29, 1.82) is 0 Å². The van der Waals surface area contributed by atoms with Crippen LogP contribution in [0.15, 0.2) is 35.7 Å². The van der Waals surface area contributed by atoms with Gasteiger partial charge in [0, 0.05) is 7.05 Å². The van der Waals surface area contributed by atoms with Gasteiger partial charge >= 0.3 is 0 Å². The van der Waals surface area contributed by atoms with E-state index in [0.29, 0.717) is 13.2 Å². The van der Waals surface area contributed by atoms with E-state index in [1.165, 1.54) is 11.3 Å². The average Bonchev–Trinajstić information content (AvgIpc) is 2.92. The van der Waals surface area contributed by atoms with E-state index in [1.54, 1.807) is 11.9 Å². The van der Waals surface area contributed by atoms with E-state index in [-0.39, 0.29) is 12.0 Å². The van der Waals surface area contributed by atoms with Crippen LogP contribution in [0, 0.1) is 6.92 Å². The molecule has 21 heavy (non-hydrogen) atoms. The minimum Gasteiger partial charge on any atom is -0.486 e. The second-order valence-electron chi connectivity index (χ2n) is 5.12. The number of fused-ring (bicyclic) bond motifs is 1. The highest BCUT2D eigenvalue weighted by Gasteiger charge is 2.24. The summed E-state index contributed by atoms with van der Waals surface area (Å²) in [6, 6.07) is 9.55. The van der Waals surface area contributed by atoms with Crippen LogP contribution in [-0.4, -0.2) is 37.1 Å². The van der Waals surface area contributed by atoms with Crippen LogP contribution in [0.1, 0.15) is 15.2 Å². The molecule has 0 radical (unpaired) electrons. The first-order valence-corrected chi connectivity index (χ1v) is 7.71. The van der Waals surface area contributed by atoms with Gasteiger partial charge < -0.3 is 14.4 Å². The molecule has 0 N–H and O–H groups in total. The average molecular weight is 303 g/mol. The number of aryl methyl sites for hydroxylation is 1. The fourth-order valence-corrected chi connectivity index (χ4v) is 3.23. The molecule has 1 aromatic heterocycles. The topological polar surface area (TPSA) is 38.8 Å². The van der Waals surface area contributed by atoms with Crippen LogP contribution in [-0.2, 0) is 0 Å². The standard InChI is InChI=1S/C16H17NO3S/c1-11-7-8-21-15(11)16(18)17(2)9-12-10-19-13-5-3-4-6-14(13)20-12/h3-8,12H,9-10H2,1-2H3. The van der Waals surface area contributed by atoms with Crippen LogP contribution in [0.3, 0.4) is 0 Å². The Kier molecular flexibility index (Phi) is 3.84. The number of amides is 1. The van der Waals surface area contributed by atoms with Gasteiger partial charge in [-0.05, 0) is 36.1 Å². The van der Waals surface area contributed by atoms with Crippen LogP contribution in [0.4, 0.5) is 0 Å². The third-order valence-corrected chi connectivity index (χ3v) is 4.45. The van der Waals surface area contributed by atoms with Gasteiger partial charge in [-0.25, -0.2) is 0 Å². The molecule has 0 spiro atoms. The lowest BCUT2D eigenvalue weighted by atomic mass is 10.2. The molecule has 0 saturated carbocycles. The maximum Gasteiger partial charge on any atom is 0.264 e. The molecule has 3 rings (SSSR count). The minimum atomic E-state index is -0.144. The Morgan fingerprint density at radius 1 is 1.33 bits per heavy atom. The third-order valence-electron chi connectivity index (χ3n) is 3.45. The number of para-hydroxylation sites is 2. The van der Waals surface area contributed by atoms with E-state index in [2.05, 4.69) is 0 Å². The number of thiophene rings is 1. The first-order chi connectivity index (χ1) is 10.1. The van der Waals surface area contributed by atoms with Crippen molar-refractivity contribution in [3.8, 4) is 11.5 Å². The van der Waals surface area contributed by atoms with Gasteiger partial charge in [0.05, 0.1) is 11.4 Å². The van der Waals surface area contributed by atoms with Crippen LogP contribution in [0.25, 0.3) is 0 Å². The largest absolute Gasteiger partial charge is 0.486 e. The number of carbonyl (C=O) groups is 1. The summed E-state index contributed by atoms with van der Waals surface area (Å²) in [6.45, 7) is 2.91. The van der Waals surface area contributed by atoms with Crippen LogP contribution >= 0.6 is 11.3 Å². The van der Waals surface area contributed by atoms with Crippen LogP contribution < -0.4 is 9.47 Å². The number of carbonyl (C=O) groups excluding carboxylic acids is 1. The molecule has 110 valence electrons. The zero-order valence-electron chi connectivity index (χ0n) is 12.0. The molecule has 5 heteroatoms. The maximum absolute atomic E-state index is 12.4. The molecule has 0 saturated heterocycles. The molecule has 0 bridgehead atoms. The molecule has 0 aliphatic carbocycles. The van der Waals surface area contributed by atoms with Crippen molar-refractivity contribution in [2.75, 3.05) is 20.2 Å². The minimum absolute atomic E-state index is 0.0324. The van der Waals surface area contributed by atoms with Crippen molar-refractivity contribution >= 4 is 17.2 Å². The van der Waals surface area contributed by atoms with Crippen molar-refractivity contribution in [3.05, 3.63) is 46.2 Å². The summed E-state index contributed by atoms with van der Waals surface area (Å²) in [5.41, 5.74) is 1.02. The predicted molar refractivity (Wildman–Crippen MR) is 82.4 cm³/mol. The molecule has 2 aromatic rings. The molecule has 1 atom stereocenters. The molecule has 1 aliphatic heterocycles. The Morgan fingerprint density at radius 3 is 2.81 bits per heavy atom. The van der Waals surface area contributed by atoms with E-state index in [4.69, 9.17) is 9.47 Å². The fourth-order valence-electron chi connectivity index (χ4n) is 2.31. The first kappa shape index (κ1) is 13.9. The summed E-state index contributed by atoms with van der Waals surface area (Å²) in [5, 5.41) is 1.94. The molecule has 2 heterocycles. The quantitative estimate of drug-likeness (QED) is 0.875. The summed E-state index contributed by atoms with van der Waals surface area (Å²) in [6.07, 6.45) is -0.144. The highest BCUT2D eigenvalue weighted by Crippen LogP contribution is 2.31. The number of likely N-dealkylation sites (N-methyl/N-ethyl adjacent to an activating group) is 1. The normalized spacial score (nSPS) is 16.6. The molecule has 4 nitrogen and oxygen atoms in total. The second-order valence-corrected chi connectivity index (χ2v) is 6.03. The summed E-state index contributed by atoms with van der Waals surface area (Å²) in [7, 11) is 1.80. The first-order valence-electron chi connectivity index (χ1n) is 6.83. The molecule has 0 fully saturated rings. The van der Waals surface area contributed by atoms with Gasteiger partial charge in [0.1, 0.15) is 6.61 Å². The molecular formula is C16H17NO3S. The Morgan fingerprint density at radius 2 is 2.10 bits per heavy atom. The van der Waals surface area contributed by atoms with Crippen LogP contribution in [0.5, 0.6) is 11.5 Å². The zero-order valence-corrected chi connectivity index (χ0v) is 12.9. The van der Waals surface area contributed by atoms with Gasteiger partial charge in [-0.3, -0.25) is 4.79 Å². The number of hydrogen-bond donors (Lipinski definition) is 0. The monoisotopic (exact) mass is 303 g/mol. The van der Waals surface area contributed by atoms with Gasteiger partial charge in [0.25, 0.3) is 5.91 Å². The maximum atomic E-state index is 12.4. The molecule has 1 amide bonds. The van der Waals surface area contributed by atoms with E-state index in [0.717, 1.165) is 21.9 Å².